The Kier molecular flexibility index (Phi) is 5.91. The summed E-state index contributed by atoms with van der Waals surface area (Å²) in [7, 11) is 0. The summed E-state index contributed by atoms with van der Waals surface area (Å²) < 4.78 is 5.67. The Hall–Kier alpha value is -3.91. The van der Waals surface area contributed by atoms with Crippen LogP contribution in [0.1, 0.15) is 37.2 Å². The minimum Gasteiger partial charge on any atom is -0.438 e. The highest BCUT2D eigenvalue weighted by Gasteiger charge is 2.74. The van der Waals surface area contributed by atoms with E-state index in [0.29, 0.717) is 19.0 Å². The fourth-order valence-corrected chi connectivity index (χ4v) is 6.50. The van der Waals surface area contributed by atoms with Gasteiger partial charge in [0.05, 0.1) is 19.1 Å². The number of nitrogens with zero attached hydrogens (tertiary/aromatic N) is 5. The summed E-state index contributed by atoms with van der Waals surface area (Å²) in [6, 6.07) is 8.17. The fraction of sp³-hybridized carbons (Fsp3) is 0.560. The molecular weight excluding hydrogens is 508 g/mol. The molecule has 0 aliphatic carbocycles. The number of rotatable bonds is 4. The molecule has 3 saturated heterocycles. The van der Waals surface area contributed by atoms with Crippen LogP contribution in [0.15, 0.2) is 40.3 Å². The third kappa shape index (κ3) is 3.88. The molecule has 5 aliphatic rings. The van der Waals surface area contributed by atoms with Crippen LogP contribution in [0.4, 0.5) is 4.79 Å². The Morgan fingerprint density at radius 2 is 1.74 bits per heavy atom. The van der Waals surface area contributed by atoms with E-state index in [9.17, 15) is 24.6 Å². The maximum Gasteiger partial charge on any atom is 0.410 e. The van der Waals surface area contributed by atoms with Gasteiger partial charge in [-0.2, -0.15) is 0 Å². The molecule has 3 fully saturated rings. The van der Waals surface area contributed by atoms with E-state index in [1.54, 1.807) is 4.90 Å². The van der Waals surface area contributed by atoms with Crippen LogP contribution in [-0.4, -0.2) is 111 Å². The number of aliphatic hydroxyl groups is 2. The highest BCUT2D eigenvalue weighted by molar-refractivity contribution is 6.02. The van der Waals surface area contributed by atoms with Crippen molar-refractivity contribution >= 4 is 29.8 Å². The summed E-state index contributed by atoms with van der Waals surface area (Å²) in [5.74, 6) is -3.24. The van der Waals surface area contributed by atoms with Crippen molar-refractivity contribution in [2.75, 3.05) is 26.2 Å². The Morgan fingerprint density at radius 3 is 2.41 bits per heavy atom. The van der Waals surface area contributed by atoms with Gasteiger partial charge in [0.25, 0.3) is 0 Å². The molecule has 3 amide bonds. The zero-order valence-electron chi connectivity index (χ0n) is 21.3. The monoisotopic (exact) mass is 540 g/mol. The number of nitrogens with one attached hydrogen (secondary N) is 1. The predicted molar refractivity (Wildman–Crippen MR) is 137 cm³/mol. The normalized spacial score (nSPS) is 31.9. The van der Waals surface area contributed by atoms with Gasteiger partial charge in [0.15, 0.2) is 23.7 Å². The summed E-state index contributed by atoms with van der Waals surface area (Å²) in [6.45, 7) is 0.595. The highest BCUT2D eigenvalue weighted by atomic mass is 16.6. The van der Waals surface area contributed by atoms with Gasteiger partial charge in [-0.15, -0.1) is 0 Å². The summed E-state index contributed by atoms with van der Waals surface area (Å²) in [4.78, 5) is 50.4. The maximum atomic E-state index is 13.1. The molecule has 0 radical (unpaired) electrons. The first-order valence-electron chi connectivity index (χ1n) is 13.1. The molecule has 4 atom stereocenters. The number of ether oxygens (including phenoxy) is 1. The van der Waals surface area contributed by atoms with E-state index in [1.165, 1.54) is 10.5 Å². The van der Waals surface area contributed by atoms with Gasteiger partial charge in [0, 0.05) is 25.9 Å². The van der Waals surface area contributed by atoms with E-state index < -0.39 is 35.7 Å². The number of imide groups is 1. The molecule has 208 valence electrons. The zero-order valence-corrected chi connectivity index (χ0v) is 21.3. The lowest BCUT2D eigenvalue weighted by atomic mass is 9.85. The quantitative estimate of drug-likeness (QED) is 0.214. The highest BCUT2D eigenvalue weighted by Crippen LogP contribution is 2.46. The van der Waals surface area contributed by atoms with Gasteiger partial charge in [-0.25, -0.2) is 14.8 Å². The molecule has 2 unspecified atom stereocenters. The van der Waals surface area contributed by atoms with Gasteiger partial charge in [-0.05, 0) is 24.3 Å². The molecule has 1 aromatic rings. The molecule has 39 heavy (non-hydrogen) atoms. The van der Waals surface area contributed by atoms with E-state index >= 15 is 0 Å². The first-order valence-corrected chi connectivity index (χ1v) is 13.1. The maximum absolute atomic E-state index is 13.1. The molecule has 7 N–H and O–H groups in total. The van der Waals surface area contributed by atoms with Crippen LogP contribution >= 0.6 is 0 Å². The number of aliphatic imine (C=N–C) groups is 2. The van der Waals surface area contributed by atoms with Crippen molar-refractivity contribution < 1.29 is 29.3 Å². The summed E-state index contributed by atoms with van der Waals surface area (Å²) in [5, 5.41) is 25.9. The van der Waals surface area contributed by atoms with Crippen molar-refractivity contribution in [2.24, 2.45) is 21.5 Å². The number of likely N-dealkylation sites (tertiary alicyclic amines) is 2. The molecule has 5 aliphatic heterocycles. The van der Waals surface area contributed by atoms with E-state index in [4.69, 9.17) is 16.2 Å². The second-order valence-electron chi connectivity index (χ2n) is 10.7. The molecular formula is C25H32N8O6. The number of carbonyl (C=O) groups excluding carboxylic acids is 3. The molecule has 14 nitrogen and oxygen atoms in total. The SMILES string of the molecule is NC1=NC2[C@H](CN3C(=O)CCC3=O)N=C(N)N3C[C@H](OC(=O)N4CCC(c5ccccc5)CC4)C(O)(O)C23N1. The van der Waals surface area contributed by atoms with Crippen molar-refractivity contribution in [3.63, 3.8) is 0 Å². The fourth-order valence-electron chi connectivity index (χ4n) is 6.50. The summed E-state index contributed by atoms with van der Waals surface area (Å²) in [5.41, 5.74) is 11.7. The lowest BCUT2D eigenvalue weighted by molar-refractivity contribution is -0.257. The van der Waals surface area contributed by atoms with Crippen LogP contribution in [0.3, 0.4) is 0 Å². The molecule has 1 spiro atoms. The largest absolute Gasteiger partial charge is 0.438 e. The number of carbonyl (C=O) groups is 3. The number of hydrogen-bond acceptors (Lipinski definition) is 12. The van der Waals surface area contributed by atoms with Crippen LogP contribution in [0.2, 0.25) is 0 Å². The standard InChI is InChI=1S/C25H32N8O6/c26-21-29-20-16(12-32-18(34)6-7-19(32)35)28-22(27)33-13-17(25(37,38)24(20,33)30-21)39-23(36)31-10-8-15(9-11-31)14-4-2-1-3-5-14/h1-5,15-17,20,37-38H,6-13H2,(H2,27,28)(H3,26,29,30)/t16-,17-,20?,24?/m0/s1. The second-order valence-corrected chi connectivity index (χ2v) is 10.7. The minimum absolute atomic E-state index is 0.0811. The molecule has 5 heterocycles. The van der Waals surface area contributed by atoms with Crippen LogP contribution in [0.5, 0.6) is 0 Å². The van der Waals surface area contributed by atoms with Crippen LogP contribution < -0.4 is 16.8 Å². The van der Waals surface area contributed by atoms with Gasteiger partial charge in [0.1, 0.15) is 6.04 Å². The van der Waals surface area contributed by atoms with Crippen molar-refractivity contribution in [3.05, 3.63) is 35.9 Å². The molecule has 6 rings (SSSR count). The molecule has 14 heteroatoms. The summed E-state index contributed by atoms with van der Waals surface area (Å²) in [6.07, 6.45) is -0.379. The van der Waals surface area contributed by atoms with E-state index in [0.717, 1.165) is 17.7 Å². The first kappa shape index (κ1) is 25.4. The third-order valence-electron chi connectivity index (χ3n) is 8.54. The average molecular weight is 541 g/mol. The van der Waals surface area contributed by atoms with Crippen molar-refractivity contribution in [1.29, 1.82) is 0 Å². The minimum atomic E-state index is -2.70. The molecule has 0 aromatic heterocycles. The Labute approximate surface area is 224 Å². The van der Waals surface area contributed by atoms with Gasteiger partial charge in [0.2, 0.25) is 17.6 Å². The lowest BCUT2D eigenvalue weighted by Gasteiger charge is -2.48. The lowest BCUT2D eigenvalue weighted by Crippen LogP contribution is -2.77. The van der Waals surface area contributed by atoms with E-state index in [2.05, 4.69) is 27.4 Å². The Morgan fingerprint density at radius 1 is 1.08 bits per heavy atom. The average Bonchev–Trinajstić information content (AvgIpc) is 3.52. The zero-order chi connectivity index (χ0) is 27.5. The molecule has 0 saturated carbocycles. The third-order valence-corrected chi connectivity index (χ3v) is 8.54. The Balaban J connectivity index is 1.19. The number of nitrogens with two attached hydrogens (primary N) is 2. The second kappa shape index (κ2) is 9.09. The van der Waals surface area contributed by atoms with Crippen LogP contribution in [-0.2, 0) is 14.3 Å². The molecule has 1 aromatic carbocycles. The number of benzene rings is 1. The van der Waals surface area contributed by atoms with Crippen LogP contribution in [0, 0.1) is 0 Å². The number of hydrogen-bond donors (Lipinski definition) is 5. The van der Waals surface area contributed by atoms with Gasteiger partial charge < -0.3 is 41.5 Å². The van der Waals surface area contributed by atoms with E-state index in [-0.39, 0.29) is 49.7 Å². The number of guanidine groups is 2. The topological polar surface area (TPSA) is 199 Å². The smallest absolute Gasteiger partial charge is 0.410 e. The van der Waals surface area contributed by atoms with E-state index in [1.807, 2.05) is 18.2 Å². The van der Waals surface area contributed by atoms with Gasteiger partial charge in [-0.1, -0.05) is 30.3 Å². The first-order chi connectivity index (χ1) is 18.6. The van der Waals surface area contributed by atoms with Crippen LogP contribution in [0.25, 0.3) is 0 Å². The van der Waals surface area contributed by atoms with Crippen molar-refractivity contribution in [1.82, 2.24) is 20.0 Å². The summed E-state index contributed by atoms with van der Waals surface area (Å²) >= 11 is 0. The van der Waals surface area contributed by atoms with Crippen molar-refractivity contribution in [3.8, 4) is 0 Å². The predicted octanol–water partition coefficient (Wildman–Crippen LogP) is -1.80. The molecule has 0 bridgehead atoms. The van der Waals surface area contributed by atoms with Crippen molar-refractivity contribution in [2.45, 2.75) is 61.2 Å². The number of piperidine rings is 1. The van der Waals surface area contributed by atoms with Gasteiger partial charge in [-0.3, -0.25) is 14.5 Å². The Bertz CT molecular complexity index is 1230. The van der Waals surface area contributed by atoms with Gasteiger partial charge >= 0.3 is 6.09 Å². The number of amides is 3.